The molecule has 0 saturated heterocycles. The summed E-state index contributed by atoms with van der Waals surface area (Å²) in [7, 11) is 0. The number of amides is 1. The van der Waals surface area contributed by atoms with E-state index in [9.17, 15) is 4.79 Å². The fraction of sp³-hybridized carbons (Fsp3) is 0.176. The zero-order valence-corrected chi connectivity index (χ0v) is 14.0. The van der Waals surface area contributed by atoms with Gasteiger partial charge in [-0.25, -0.2) is 4.98 Å². The molecule has 23 heavy (non-hydrogen) atoms. The van der Waals surface area contributed by atoms with Gasteiger partial charge in [-0.05, 0) is 36.2 Å². The van der Waals surface area contributed by atoms with E-state index in [-0.39, 0.29) is 5.91 Å². The van der Waals surface area contributed by atoms with E-state index < -0.39 is 0 Å². The Morgan fingerprint density at radius 2 is 2.09 bits per heavy atom. The Morgan fingerprint density at radius 1 is 1.22 bits per heavy atom. The second-order valence-electron chi connectivity index (χ2n) is 5.08. The first-order valence-electron chi connectivity index (χ1n) is 7.29. The molecule has 118 valence electrons. The molecular formula is C17H16ClN3OS. The van der Waals surface area contributed by atoms with Gasteiger partial charge in [-0.3, -0.25) is 4.79 Å². The van der Waals surface area contributed by atoms with E-state index in [4.69, 9.17) is 11.6 Å². The van der Waals surface area contributed by atoms with Gasteiger partial charge in [0, 0.05) is 11.6 Å². The summed E-state index contributed by atoms with van der Waals surface area (Å²) in [5, 5.41) is 4.39. The Kier molecular flexibility index (Phi) is 5.20. The summed E-state index contributed by atoms with van der Waals surface area (Å²) in [4.78, 5) is 19.5. The van der Waals surface area contributed by atoms with E-state index in [1.54, 1.807) is 0 Å². The van der Waals surface area contributed by atoms with Gasteiger partial charge in [-0.15, -0.1) is 0 Å². The number of para-hydroxylation sites is 2. The van der Waals surface area contributed by atoms with Crippen molar-refractivity contribution < 1.29 is 4.79 Å². The molecule has 0 atom stereocenters. The molecule has 0 bridgehead atoms. The SMILES string of the molecule is O=C(CSc1nc2ccccc2[nH]1)NCCc1cccc(Cl)c1. The quantitative estimate of drug-likeness (QED) is 0.670. The lowest BCUT2D eigenvalue weighted by molar-refractivity contribution is -0.118. The Balaban J connectivity index is 1.44. The minimum Gasteiger partial charge on any atom is -0.355 e. The van der Waals surface area contributed by atoms with Crippen LogP contribution in [0.3, 0.4) is 0 Å². The number of rotatable bonds is 6. The third-order valence-electron chi connectivity index (χ3n) is 3.33. The lowest BCUT2D eigenvalue weighted by Gasteiger charge is -2.05. The van der Waals surface area contributed by atoms with Gasteiger partial charge in [0.2, 0.25) is 5.91 Å². The number of imidazole rings is 1. The van der Waals surface area contributed by atoms with E-state index in [0.29, 0.717) is 17.3 Å². The van der Waals surface area contributed by atoms with Crippen LogP contribution in [0, 0.1) is 0 Å². The first kappa shape index (κ1) is 15.9. The first-order valence-corrected chi connectivity index (χ1v) is 8.66. The Hall–Kier alpha value is -1.98. The molecule has 0 saturated carbocycles. The largest absolute Gasteiger partial charge is 0.355 e. The van der Waals surface area contributed by atoms with Crippen LogP contribution in [0.25, 0.3) is 11.0 Å². The molecule has 2 N–H and O–H groups in total. The van der Waals surface area contributed by atoms with E-state index >= 15 is 0 Å². The highest BCUT2D eigenvalue weighted by atomic mass is 35.5. The highest BCUT2D eigenvalue weighted by molar-refractivity contribution is 7.99. The number of carbonyl (C=O) groups is 1. The lowest BCUT2D eigenvalue weighted by Crippen LogP contribution is -2.27. The highest BCUT2D eigenvalue weighted by Gasteiger charge is 2.06. The van der Waals surface area contributed by atoms with Crippen LogP contribution in [0.2, 0.25) is 5.02 Å². The predicted octanol–water partition coefficient (Wildman–Crippen LogP) is 3.67. The number of H-pyrrole nitrogens is 1. The van der Waals surface area contributed by atoms with Gasteiger partial charge >= 0.3 is 0 Å². The van der Waals surface area contributed by atoms with Gasteiger partial charge < -0.3 is 10.3 Å². The average molecular weight is 346 g/mol. The van der Waals surface area contributed by atoms with Crippen molar-refractivity contribution in [3.63, 3.8) is 0 Å². The average Bonchev–Trinajstić information content (AvgIpc) is 2.96. The maximum Gasteiger partial charge on any atom is 0.230 e. The zero-order chi connectivity index (χ0) is 16.1. The fourth-order valence-corrected chi connectivity index (χ4v) is 3.15. The van der Waals surface area contributed by atoms with Crippen LogP contribution in [0.5, 0.6) is 0 Å². The number of nitrogens with one attached hydrogen (secondary N) is 2. The van der Waals surface area contributed by atoms with Gasteiger partial charge in [-0.1, -0.05) is 47.6 Å². The first-order chi connectivity index (χ1) is 11.2. The van der Waals surface area contributed by atoms with E-state index in [2.05, 4.69) is 15.3 Å². The van der Waals surface area contributed by atoms with Gasteiger partial charge in [-0.2, -0.15) is 0 Å². The van der Waals surface area contributed by atoms with E-state index in [0.717, 1.165) is 28.2 Å². The molecule has 1 amide bonds. The fourth-order valence-electron chi connectivity index (χ4n) is 2.22. The van der Waals surface area contributed by atoms with Crippen LogP contribution in [-0.2, 0) is 11.2 Å². The second-order valence-corrected chi connectivity index (χ2v) is 6.48. The molecule has 0 spiro atoms. The van der Waals surface area contributed by atoms with Crippen molar-refractivity contribution in [2.45, 2.75) is 11.6 Å². The highest BCUT2D eigenvalue weighted by Crippen LogP contribution is 2.18. The molecule has 2 aromatic carbocycles. The number of nitrogens with zero attached hydrogens (tertiary/aromatic N) is 1. The number of aromatic nitrogens is 2. The molecular weight excluding hydrogens is 330 g/mol. The normalized spacial score (nSPS) is 10.8. The zero-order valence-electron chi connectivity index (χ0n) is 12.4. The molecule has 0 unspecified atom stereocenters. The Morgan fingerprint density at radius 3 is 2.91 bits per heavy atom. The molecule has 3 rings (SSSR count). The number of hydrogen-bond acceptors (Lipinski definition) is 3. The summed E-state index contributed by atoms with van der Waals surface area (Å²) in [6.45, 7) is 0.597. The van der Waals surface area contributed by atoms with Gasteiger partial charge in [0.1, 0.15) is 0 Å². The van der Waals surface area contributed by atoms with Crippen molar-refractivity contribution in [1.82, 2.24) is 15.3 Å². The van der Waals surface area contributed by atoms with Crippen LogP contribution < -0.4 is 5.32 Å². The van der Waals surface area contributed by atoms with Crippen LogP contribution in [0.4, 0.5) is 0 Å². The number of fused-ring (bicyclic) bond motifs is 1. The second kappa shape index (κ2) is 7.53. The van der Waals surface area contributed by atoms with Crippen LogP contribution in [-0.4, -0.2) is 28.2 Å². The molecule has 0 aliphatic heterocycles. The van der Waals surface area contributed by atoms with Crippen molar-refractivity contribution in [2.24, 2.45) is 0 Å². The molecule has 1 aromatic heterocycles. The van der Waals surface area contributed by atoms with Crippen molar-refractivity contribution >= 4 is 40.3 Å². The maximum atomic E-state index is 11.9. The summed E-state index contributed by atoms with van der Waals surface area (Å²) in [6, 6.07) is 15.5. The molecule has 0 radical (unpaired) electrons. The summed E-state index contributed by atoms with van der Waals surface area (Å²) in [5.41, 5.74) is 3.01. The molecule has 1 heterocycles. The van der Waals surface area contributed by atoms with E-state index in [1.165, 1.54) is 11.8 Å². The Bertz CT molecular complexity index is 785. The molecule has 3 aromatic rings. The van der Waals surface area contributed by atoms with Crippen molar-refractivity contribution in [3.05, 3.63) is 59.1 Å². The minimum atomic E-state index is -0.00233. The van der Waals surface area contributed by atoms with Crippen molar-refractivity contribution in [2.75, 3.05) is 12.3 Å². The lowest BCUT2D eigenvalue weighted by atomic mass is 10.1. The standard InChI is InChI=1S/C17H16ClN3OS/c18-13-5-3-4-12(10-13)8-9-19-16(22)11-23-17-20-14-6-1-2-7-15(14)21-17/h1-7,10H,8-9,11H2,(H,19,22)(H,20,21). The predicted molar refractivity (Wildman–Crippen MR) is 95.0 cm³/mol. The Labute approximate surface area is 143 Å². The number of thioether (sulfide) groups is 1. The van der Waals surface area contributed by atoms with Crippen molar-refractivity contribution in [1.29, 1.82) is 0 Å². The molecule has 4 nitrogen and oxygen atoms in total. The van der Waals surface area contributed by atoms with Gasteiger partial charge in [0.05, 0.1) is 16.8 Å². The number of halogens is 1. The third kappa shape index (κ3) is 4.50. The molecule has 0 aliphatic carbocycles. The number of aromatic amines is 1. The van der Waals surface area contributed by atoms with Gasteiger partial charge in [0.25, 0.3) is 0 Å². The summed E-state index contributed by atoms with van der Waals surface area (Å²) >= 11 is 7.34. The molecule has 0 fully saturated rings. The molecule has 6 heteroatoms. The molecule has 0 aliphatic rings. The topological polar surface area (TPSA) is 57.8 Å². The summed E-state index contributed by atoms with van der Waals surface area (Å²) < 4.78 is 0. The van der Waals surface area contributed by atoms with Gasteiger partial charge in [0.15, 0.2) is 5.16 Å². The third-order valence-corrected chi connectivity index (χ3v) is 4.44. The smallest absolute Gasteiger partial charge is 0.230 e. The summed E-state index contributed by atoms with van der Waals surface area (Å²) in [5.74, 6) is 0.340. The van der Waals surface area contributed by atoms with Crippen molar-refractivity contribution in [3.8, 4) is 0 Å². The van der Waals surface area contributed by atoms with Crippen LogP contribution in [0.1, 0.15) is 5.56 Å². The number of benzene rings is 2. The minimum absolute atomic E-state index is 0.00233. The van der Waals surface area contributed by atoms with E-state index in [1.807, 2.05) is 48.5 Å². The van der Waals surface area contributed by atoms with Crippen LogP contribution >= 0.6 is 23.4 Å². The number of hydrogen-bond donors (Lipinski definition) is 2. The van der Waals surface area contributed by atoms with Crippen LogP contribution in [0.15, 0.2) is 53.7 Å². The summed E-state index contributed by atoms with van der Waals surface area (Å²) in [6.07, 6.45) is 0.765. The monoisotopic (exact) mass is 345 g/mol. The maximum absolute atomic E-state index is 11.9. The number of carbonyl (C=O) groups excluding carboxylic acids is 1.